The van der Waals surface area contributed by atoms with Crippen LogP contribution in [0.3, 0.4) is 0 Å². The number of likely N-dealkylation sites (N-methyl/N-ethyl adjacent to an activating group) is 1. The zero-order valence-electron chi connectivity index (χ0n) is 15.7. The van der Waals surface area contributed by atoms with Crippen molar-refractivity contribution in [2.75, 3.05) is 20.8 Å². The van der Waals surface area contributed by atoms with Crippen molar-refractivity contribution in [3.05, 3.63) is 47.2 Å². The van der Waals surface area contributed by atoms with E-state index in [0.29, 0.717) is 12.0 Å². The first kappa shape index (κ1) is 19.3. The van der Waals surface area contributed by atoms with Gasteiger partial charge in [-0.2, -0.15) is 13.2 Å². The molecule has 1 aromatic carbocycles. The lowest BCUT2D eigenvalue weighted by Crippen LogP contribution is -2.45. The molecule has 1 saturated carbocycles. The van der Waals surface area contributed by atoms with E-state index >= 15 is 0 Å². The molecule has 0 saturated heterocycles. The van der Waals surface area contributed by atoms with Gasteiger partial charge in [0.1, 0.15) is 0 Å². The quantitative estimate of drug-likeness (QED) is 0.713. The van der Waals surface area contributed by atoms with Gasteiger partial charge < -0.3 is 4.90 Å². The Morgan fingerprint density at radius 1 is 1.00 bits per heavy atom. The highest BCUT2D eigenvalue weighted by molar-refractivity contribution is 5.25. The van der Waals surface area contributed by atoms with Crippen LogP contribution in [0, 0.1) is 5.92 Å². The molecule has 0 radical (unpaired) electrons. The Balaban J connectivity index is 1.69. The molecule has 3 rings (SSSR count). The lowest BCUT2D eigenvalue weighted by Gasteiger charge is -2.42. The lowest BCUT2D eigenvalue weighted by atomic mass is 9.79. The Morgan fingerprint density at radius 3 is 2.27 bits per heavy atom. The highest BCUT2D eigenvalue weighted by Gasteiger charge is 2.31. The molecule has 1 aromatic rings. The molecule has 1 aliphatic carbocycles. The van der Waals surface area contributed by atoms with Crippen LogP contribution in [0.1, 0.15) is 49.7 Å². The molecule has 1 aliphatic heterocycles. The van der Waals surface area contributed by atoms with E-state index in [-0.39, 0.29) is 0 Å². The third-order valence-electron chi connectivity index (χ3n) is 5.80. The number of halogens is 3. The van der Waals surface area contributed by atoms with Crippen LogP contribution in [0.5, 0.6) is 0 Å². The molecule has 1 fully saturated rings. The minimum Gasteiger partial charge on any atom is -0.368 e. The van der Waals surface area contributed by atoms with Gasteiger partial charge in [0.2, 0.25) is 0 Å². The summed E-state index contributed by atoms with van der Waals surface area (Å²) >= 11 is 0. The monoisotopic (exact) mass is 366 g/mol. The van der Waals surface area contributed by atoms with E-state index in [1.165, 1.54) is 49.8 Å². The summed E-state index contributed by atoms with van der Waals surface area (Å²) < 4.78 is 38.2. The zero-order chi connectivity index (χ0) is 18.7. The summed E-state index contributed by atoms with van der Waals surface area (Å²) in [6, 6.07) is 6.04. The Kier molecular flexibility index (Phi) is 5.96. The first-order valence-electron chi connectivity index (χ1n) is 9.63. The van der Waals surface area contributed by atoms with Crippen LogP contribution in [0.25, 0.3) is 0 Å². The van der Waals surface area contributed by atoms with Gasteiger partial charge in [-0.3, -0.25) is 4.90 Å². The summed E-state index contributed by atoms with van der Waals surface area (Å²) in [5.41, 5.74) is 1.93. The fraction of sp³-hybridized carbons (Fsp3) is 0.619. The van der Waals surface area contributed by atoms with E-state index in [4.69, 9.17) is 0 Å². The van der Waals surface area contributed by atoms with Crippen LogP contribution in [0.15, 0.2) is 36.0 Å². The van der Waals surface area contributed by atoms with Crippen LogP contribution in [-0.4, -0.2) is 36.6 Å². The topological polar surface area (TPSA) is 6.48 Å². The van der Waals surface area contributed by atoms with Crippen molar-refractivity contribution in [3.63, 3.8) is 0 Å². The SMILES string of the molecule is CN1C=C(C2CCCCC2)C(CCc2ccc(C(F)(F)F)cc2)N(C)C1. The Bertz CT molecular complexity index is 615. The molecule has 26 heavy (non-hydrogen) atoms. The van der Waals surface area contributed by atoms with Crippen molar-refractivity contribution in [1.29, 1.82) is 0 Å². The maximum atomic E-state index is 12.7. The largest absolute Gasteiger partial charge is 0.416 e. The van der Waals surface area contributed by atoms with Gasteiger partial charge in [0, 0.05) is 19.3 Å². The predicted molar refractivity (Wildman–Crippen MR) is 98.6 cm³/mol. The number of alkyl halides is 3. The molecule has 0 amide bonds. The maximum Gasteiger partial charge on any atom is 0.416 e. The molecular formula is C21H29F3N2. The second-order valence-corrected chi connectivity index (χ2v) is 7.87. The number of nitrogens with zero attached hydrogens (tertiary/aromatic N) is 2. The third kappa shape index (κ3) is 4.61. The van der Waals surface area contributed by atoms with Crippen LogP contribution < -0.4 is 0 Å². The van der Waals surface area contributed by atoms with Crippen molar-refractivity contribution in [1.82, 2.24) is 9.80 Å². The van der Waals surface area contributed by atoms with Gasteiger partial charge >= 0.3 is 6.18 Å². The molecule has 0 spiro atoms. The van der Waals surface area contributed by atoms with Crippen molar-refractivity contribution in [2.24, 2.45) is 5.92 Å². The molecular weight excluding hydrogens is 337 g/mol. The molecule has 5 heteroatoms. The molecule has 1 heterocycles. The van der Waals surface area contributed by atoms with E-state index in [1.54, 1.807) is 12.1 Å². The van der Waals surface area contributed by atoms with Crippen LogP contribution >= 0.6 is 0 Å². The average Bonchev–Trinajstić information content (AvgIpc) is 2.61. The molecule has 2 nitrogen and oxygen atoms in total. The molecule has 2 aliphatic rings. The first-order valence-corrected chi connectivity index (χ1v) is 9.63. The molecule has 0 aromatic heterocycles. The fourth-order valence-corrected chi connectivity index (χ4v) is 4.45. The molecule has 1 unspecified atom stereocenters. The highest BCUT2D eigenvalue weighted by Crippen LogP contribution is 2.36. The van der Waals surface area contributed by atoms with E-state index < -0.39 is 11.7 Å². The molecule has 1 atom stereocenters. The average molecular weight is 366 g/mol. The van der Waals surface area contributed by atoms with E-state index in [1.807, 2.05) is 0 Å². The van der Waals surface area contributed by atoms with E-state index in [9.17, 15) is 13.2 Å². The Hall–Kier alpha value is -1.49. The van der Waals surface area contributed by atoms with Crippen LogP contribution in [0.4, 0.5) is 13.2 Å². The van der Waals surface area contributed by atoms with Gasteiger partial charge in [0.25, 0.3) is 0 Å². The van der Waals surface area contributed by atoms with Crippen molar-refractivity contribution < 1.29 is 13.2 Å². The van der Waals surface area contributed by atoms with Gasteiger partial charge in [0.15, 0.2) is 0 Å². The number of benzene rings is 1. The summed E-state index contributed by atoms with van der Waals surface area (Å²) in [6.07, 6.45) is 6.32. The minimum atomic E-state index is -4.26. The minimum absolute atomic E-state index is 0.386. The van der Waals surface area contributed by atoms with Crippen LogP contribution in [-0.2, 0) is 12.6 Å². The van der Waals surface area contributed by atoms with Crippen molar-refractivity contribution in [2.45, 2.75) is 57.2 Å². The fourth-order valence-electron chi connectivity index (χ4n) is 4.45. The summed E-state index contributed by atoms with van der Waals surface area (Å²) in [6.45, 7) is 0.897. The van der Waals surface area contributed by atoms with E-state index in [2.05, 4.69) is 30.1 Å². The molecule has 0 bridgehead atoms. The number of hydrogen-bond donors (Lipinski definition) is 0. The number of hydrogen-bond acceptors (Lipinski definition) is 2. The van der Waals surface area contributed by atoms with Gasteiger partial charge in [-0.25, -0.2) is 0 Å². The second kappa shape index (κ2) is 8.03. The Labute approximate surface area is 154 Å². The standard InChI is InChI=1S/C21H29F3N2/c1-25-14-19(17-6-4-3-5-7-17)20(26(2)15-25)13-10-16-8-11-18(12-9-16)21(22,23)24/h8-9,11-12,14,17,20H,3-7,10,13,15H2,1-2H3. The van der Waals surface area contributed by atoms with Gasteiger partial charge in [-0.1, -0.05) is 31.4 Å². The maximum absolute atomic E-state index is 12.7. The molecule has 144 valence electrons. The van der Waals surface area contributed by atoms with Gasteiger partial charge in [-0.15, -0.1) is 0 Å². The van der Waals surface area contributed by atoms with E-state index in [0.717, 1.165) is 25.1 Å². The van der Waals surface area contributed by atoms with Crippen molar-refractivity contribution >= 4 is 0 Å². The second-order valence-electron chi connectivity index (χ2n) is 7.87. The lowest BCUT2D eigenvalue weighted by molar-refractivity contribution is -0.137. The molecule has 0 N–H and O–H groups in total. The summed E-state index contributed by atoms with van der Waals surface area (Å²) in [4.78, 5) is 4.63. The summed E-state index contributed by atoms with van der Waals surface area (Å²) in [5.74, 6) is 0.659. The number of rotatable bonds is 4. The smallest absolute Gasteiger partial charge is 0.368 e. The van der Waals surface area contributed by atoms with Gasteiger partial charge in [-0.05, 0) is 61.9 Å². The zero-order valence-corrected chi connectivity index (χ0v) is 15.7. The van der Waals surface area contributed by atoms with Gasteiger partial charge in [0.05, 0.1) is 12.2 Å². The predicted octanol–water partition coefficient (Wildman–Crippen LogP) is 5.31. The van der Waals surface area contributed by atoms with Crippen LogP contribution in [0.2, 0.25) is 0 Å². The van der Waals surface area contributed by atoms with Crippen molar-refractivity contribution in [3.8, 4) is 0 Å². The Morgan fingerprint density at radius 2 is 1.65 bits per heavy atom. The first-order chi connectivity index (χ1) is 12.3. The third-order valence-corrected chi connectivity index (χ3v) is 5.80. The normalized spacial score (nSPS) is 23.2. The summed E-state index contributed by atoms with van der Waals surface area (Å²) in [5, 5.41) is 0. The number of aryl methyl sites for hydroxylation is 1. The summed E-state index contributed by atoms with van der Waals surface area (Å²) in [7, 11) is 4.27. The highest BCUT2D eigenvalue weighted by atomic mass is 19.4.